The van der Waals surface area contributed by atoms with Crippen LogP contribution < -0.4 is 4.90 Å². The average molecular weight is 335 g/mol. The normalized spacial score (nSPS) is 23.0. The second kappa shape index (κ2) is 8.18. The van der Waals surface area contributed by atoms with Crippen molar-refractivity contribution in [2.45, 2.75) is 49.7 Å². The lowest BCUT2D eigenvalue weighted by Crippen LogP contribution is -2.41. The van der Waals surface area contributed by atoms with Crippen molar-refractivity contribution in [2.24, 2.45) is 0 Å². The summed E-state index contributed by atoms with van der Waals surface area (Å²) in [6.07, 6.45) is 4.07. The number of amides is 1. The molecular formula is C18H25NO3S. The number of benzene rings is 1. The quantitative estimate of drug-likeness (QED) is 0.844. The maximum Gasteiger partial charge on any atom is 0.255 e. The van der Waals surface area contributed by atoms with Gasteiger partial charge in [0, 0.05) is 18.0 Å². The molecule has 2 atom stereocenters. The summed E-state index contributed by atoms with van der Waals surface area (Å²) in [5, 5.41) is 0. The van der Waals surface area contributed by atoms with E-state index in [2.05, 4.69) is 6.07 Å². The lowest BCUT2D eigenvalue weighted by molar-refractivity contribution is -0.132. The van der Waals surface area contributed by atoms with Crippen molar-refractivity contribution < 1.29 is 14.3 Å². The lowest BCUT2D eigenvalue weighted by atomic mass is 10.1. The molecule has 126 valence electrons. The highest BCUT2D eigenvalue weighted by molar-refractivity contribution is 7.99. The van der Waals surface area contributed by atoms with E-state index < -0.39 is 6.10 Å². The molecule has 5 heteroatoms. The van der Waals surface area contributed by atoms with E-state index in [0.29, 0.717) is 6.61 Å². The van der Waals surface area contributed by atoms with Crippen LogP contribution in [0.2, 0.25) is 0 Å². The van der Waals surface area contributed by atoms with Crippen LogP contribution in [0.5, 0.6) is 0 Å². The molecule has 2 aliphatic rings. The van der Waals surface area contributed by atoms with Crippen molar-refractivity contribution in [1.82, 2.24) is 0 Å². The number of thioether (sulfide) groups is 1. The van der Waals surface area contributed by atoms with Crippen LogP contribution in [0.1, 0.15) is 32.6 Å². The first-order valence-corrected chi connectivity index (χ1v) is 9.50. The number of hydrogen-bond donors (Lipinski definition) is 0. The lowest BCUT2D eigenvalue weighted by Gasteiger charge is -2.28. The molecule has 2 heterocycles. The molecule has 1 saturated heterocycles. The first-order valence-electron chi connectivity index (χ1n) is 8.52. The van der Waals surface area contributed by atoms with Gasteiger partial charge in [-0.15, -0.1) is 11.8 Å². The summed E-state index contributed by atoms with van der Waals surface area (Å²) in [6, 6.07) is 8.14. The Bertz CT molecular complexity index is 531. The molecule has 3 rings (SSSR count). The van der Waals surface area contributed by atoms with Crippen molar-refractivity contribution in [2.75, 3.05) is 30.4 Å². The van der Waals surface area contributed by atoms with Gasteiger partial charge in [0.25, 0.3) is 5.91 Å². The molecule has 23 heavy (non-hydrogen) atoms. The van der Waals surface area contributed by atoms with Crippen LogP contribution in [-0.4, -0.2) is 43.6 Å². The molecule has 0 radical (unpaired) electrons. The smallest absolute Gasteiger partial charge is 0.255 e. The van der Waals surface area contributed by atoms with Gasteiger partial charge >= 0.3 is 0 Å². The molecule has 4 nitrogen and oxygen atoms in total. The Balaban J connectivity index is 1.62. The SMILES string of the molecule is CC(OCC1CCCCO1)C(=O)N1CCCSc2ccccc21. The Kier molecular flexibility index (Phi) is 5.97. The minimum absolute atomic E-state index is 0.0516. The molecule has 2 aliphatic heterocycles. The molecule has 0 N–H and O–H groups in total. The van der Waals surface area contributed by atoms with Gasteiger partial charge in [0.05, 0.1) is 18.4 Å². The van der Waals surface area contributed by atoms with E-state index in [1.54, 1.807) is 0 Å². The Morgan fingerprint density at radius 1 is 1.39 bits per heavy atom. The van der Waals surface area contributed by atoms with Gasteiger partial charge < -0.3 is 14.4 Å². The summed E-state index contributed by atoms with van der Waals surface area (Å²) in [5.74, 6) is 1.10. The second-order valence-electron chi connectivity index (χ2n) is 6.12. The zero-order valence-corrected chi connectivity index (χ0v) is 14.5. The fourth-order valence-corrected chi connectivity index (χ4v) is 4.03. The predicted octanol–water partition coefficient (Wildman–Crippen LogP) is 3.49. The molecule has 0 aromatic heterocycles. The fraction of sp³-hybridized carbons (Fsp3) is 0.611. The van der Waals surface area contributed by atoms with Crippen LogP contribution in [0.4, 0.5) is 5.69 Å². The molecule has 1 fully saturated rings. The van der Waals surface area contributed by atoms with Gasteiger partial charge in [0.2, 0.25) is 0 Å². The van der Waals surface area contributed by atoms with E-state index >= 15 is 0 Å². The first kappa shape index (κ1) is 16.8. The number of rotatable bonds is 4. The molecular weight excluding hydrogens is 310 g/mol. The Hall–Kier alpha value is -1.04. The van der Waals surface area contributed by atoms with E-state index in [4.69, 9.17) is 9.47 Å². The molecule has 0 spiro atoms. The third-order valence-electron chi connectivity index (χ3n) is 4.36. The number of carbonyl (C=O) groups excluding carboxylic acids is 1. The van der Waals surface area contributed by atoms with Crippen molar-refractivity contribution >= 4 is 23.4 Å². The summed E-state index contributed by atoms with van der Waals surface area (Å²) in [5.41, 5.74) is 1.02. The highest BCUT2D eigenvalue weighted by Crippen LogP contribution is 2.34. The maximum absolute atomic E-state index is 12.8. The Morgan fingerprint density at radius 2 is 2.26 bits per heavy atom. The van der Waals surface area contributed by atoms with Crippen LogP contribution in [0.3, 0.4) is 0 Å². The zero-order valence-electron chi connectivity index (χ0n) is 13.7. The maximum atomic E-state index is 12.8. The van der Waals surface area contributed by atoms with Crippen molar-refractivity contribution in [3.63, 3.8) is 0 Å². The summed E-state index contributed by atoms with van der Waals surface area (Å²) in [4.78, 5) is 15.9. The number of ether oxygens (including phenoxy) is 2. The topological polar surface area (TPSA) is 38.8 Å². The van der Waals surface area contributed by atoms with Gasteiger partial charge in [-0.2, -0.15) is 0 Å². The minimum atomic E-state index is -0.434. The Labute approximate surface area is 142 Å². The van der Waals surface area contributed by atoms with E-state index in [9.17, 15) is 4.79 Å². The number of fused-ring (bicyclic) bond motifs is 1. The predicted molar refractivity (Wildman–Crippen MR) is 93.1 cm³/mol. The van der Waals surface area contributed by atoms with Crippen LogP contribution in [0, 0.1) is 0 Å². The van der Waals surface area contributed by atoms with Crippen LogP contribution >= 0.6 is 11.8 Å². The van der Waals surface area contributed by atoms with Gasteiger partial charge in [-0.1, -0.05) is 12.1 Å². The summed E-state index contributed by atoms with van der Waals surface area (Å²) in [7, 11) is 0. The second-order valence-corrected chi connectivity index (χ2v) is 7.26. The minimum Gasteiger partial charge on any atom is -0.376 e. The van der Waals surface area contributed by atoms with Gasteiger partial charge in [0.1, 0.15) is 6.10 Å². The van der Waals surface area contributed by atoms with E-state index in [0.717, 1.165) is 43.9 Å². The molecule has 2 unspecified atom stereocenters. The highest BCUT2D eigenvalue weighted by Gasteiger charge is 2.27. The molecule has 0 aliphatic carbocycles. The van der Waals surface area contributed by atoms with Crippen LogP contribution in [0.15, 0.2) is 29.2 Å². The van der Waals surface area contributed by atoms with Crippen molar-refractivity contribution in [1.29, 1.82) is 0 Å². The molecule has 0 saturated carbocycles. The summed E-state index contributed by atoms with van der Waals surface area (Å²) >= 11 is 1.82. The third kappa shape index (κ3) is 4.28. The third-order valence-corrected chi connectivity index (χ3v) is 5.51. The average Bonchev–Trinajstić information content (AvgIpc) is 2.82. The number of anilines is 1. The van der Waals surface area contributed by atoms with Crippen molar-refractivity contribution in [3.8, 4) is 0 Å². The van der Waals surface area contributed by atoms with E-state index in [-0.39, 0.29) is 12.0 Å². The Morgan fingerprint density at radius 3 is 3.09 bits per heavy atom. The van der Waals surface area contributed by atoms with Gasteiger partial charge in [-0.25, -0.2) is 0 Å². The van der Waals surface area contributed by atoms with E-state index in [1.165, 1.54) is 11.3 Å². The number of nitrogens with zero attached hydrogens (tertiary/aromatic N) is 1. The fourth-order valence-electron chi connectivity index (χ4n) is 3.04. The monoisotopic (exact) mass is 335 g/mol. The van der Waals surface area contributed by atoms with Gasteiger partial charge in [-0.3, -0.25) is 4.79 Å². The number of carbonyl (C=O) groups is 1. The molecule has 1 aromatic carbocycles. The number of hydrogen-bond acceptors (Lipinski definition) is 4. The standard InChI is InChI=1S/C18H25NO3S/c1-14(22-13-15-7-4-5-11-21-15)18(20)19-10-6-12-23-17-9-3-2-8-16(17)19/h2-3,8-9,14-15H,4-7,10-13H2,1H3. The van der Waals surface area contributed by atoms with Crippen LogP contribution in [-0.2, 0) is 14.3 Å². The molecule has 1 amide bonds. The summed E-state index contributed by atoms with van der Waals surface area (Å²) < 4.78 is 11.5. The van der Waals surface area contributed by atoms with Crippen LogP contribution in [0.25, 0.3) is 0 Å². The first-order chi connectivity index (χ1) is 11.3. The largest absolute Gasteiger partial charge is 0.376 e. The van der Waals surface area contributed by atoms with Gasteiger partial charge in [0.15, 0.2) is 0 Å². The van der Waals surface area contributed by atoms with Gasteiger partial charge in [-0.05, 0) is 50.5 Å². The molecule has 1 aromatic rings. The summed E-state index contributed by atoms with van der Waals surface area (Å²) in [6.45, 7) is 3.94. The zero-order chi connectivity index (χ0) is 16.1. The molecule has 0 bridgehead atoms. The van der Waals surface area contributed by atoms with E-state index in [1.807, 2.05) is 41.8 Å². The number of para-hydroxylation sites is 1. The van der Waals surface area contributed by atoms with Crippen molar-refractivity contribution in [3.05, 3.63) is 24.3 Å². The highest BCUT2D eigenvalue weighted by atomic mass is 32.2.